The Labute approximate surface area is 143 Å². The zero-order valence-electron chi connectivity index (χ0n) is 14.8. The zero-order valence-corrected chi connectivity index (χ0v) is 14.8. The molecule has 0 spiro atoms. The summed E-state index contributed by atoms with van der Waals surface area (Å²) in [7, 11) is 2.17. The van der Waals surface area contributed by atoms with E-state index in [1.807, 2.05) is 18.3 Å². The van der Waals surface area contributed by atoms with Gasteiger partial charge in [0.25, 0.3) is 0 Å². The highest BCUT2D eigenvalue weighted by Crippen LogP contribution is 2.26. The highest BCUT2D eigenvalue weighted by molar-refractivity contribution is 5.67. The van der Waals surface area contributed by atoms with Crippen LogP contribution in [0.25, 0.3) is 16.9 Å². The molecular weight excluding hydrogens is 296 g/mol. The molecule has 0 aliphatic heterocycles. The molecule has 126 valence electrons. The number of hydrogen-bond donors (Lipinski definition) is 1. The fraction of sp³-hybridized carbons (Fsp3) is 0.350. The Bertz CT molecular complexity index is 818. The predicted molar refractivity (Wildman–Crippen MR) is 101 cm³/mol. The van der Waals surface area contributed by atoms with Crippen LogP contribution in [0.3, 0.4) is 0 Å². The summed E-state index contributed by atoms with van der Waals surface area (Å²) in [6, 6.07) is 12.5. The maximum absolute atomic E-state index is 6.01. The molecule has 2 heterocycles. The first kappa shape index (κ1) is 16.5. The SMILES string of the molecule is CCCCN(C)Cc1c(-c2ccc(C)cc2)nc2ccc(N)cn12. The van der Waals surface area contributed by atoms with E-state index in [2.05, 4.69) is 54.5 Å². The molecule has 0 saturated heterocycles. The van der Waals surface area contributed by atoms with Crippen LogP contribution < -0.4 is 5.73 Å². The topological polar surface area (TPSA) is 46.6 Å². The summed E-state index contributed by atoms with van der Waals surface area (Å²) in [5, 5.41) is 0. The van der Waals surface area contributed by atoms with Crippen molar-refractivity contribution >= 4 is 11.3 Å². The maximum Gasteiger partial charge on any atom is 0.137 e. The summed E-state index contributed by atoms with van der Waals surface area (Å²) in [5.41, 5.74) is 12.4. The van der Waals surface area contributed by atoms with Gasteiger partial charge in [0.05, 0.1) is 11.4 Å². The van der Waals surface area contributed by atoms with Crippen LogP contribution in [-0.2, 0) is 6.54 Å². The number of unbranched alkanes of at least 4 members (excludes halogenated alkanes) is 1. The van der Waals surface area contributed by atoms with Crippen LogP contribution in [-0.4, -0.2) is 27.9 Å². The number of aromatic nitrogens is 2. The zero-order chi connectivity index (χ0) is 17.1. The van der Waals surface area contributed by atoms with E-state index in [-0.39, 0.29) is 0 Å². The summed E-state index contributed by atoms with van der Waals surface area (Å²) < 4.78 is 2.13. The molecule has 0 unspecified atom stereocenters. The highest BCUT2D eigenvalue weighted by Gasteiger charge is 2.15. The van der Waals surface area contributed by atoms with Gasteiger partial charge in [0.15, 0.2) is 0 Å². The van der Waals surface area contributed by atoms with E-state index < -0.39 is 0 Å². The first-order chi connectivity index (χ1) is 11.6. The van der Waals surface area contributed by atoms with Crippen molar-refractivity contribution in [1.82, 2.24) is 14.3 Å². The number of rotatable bonds is 6. The van der Waals surface area contributed by atoms with Crippen LogP contribution in [0.15, 0.2) is 42.6 Å². The van der Waals surface area contributed by atoms with Gasteiger partial charge < -0.3 is 15.0 Å². The van der Waals surface area contributed by atoms with Crippen LogP contribution >= 0.6 is 0 Å². The molecule has 3 aromatic rings. The molecule has 0 radical (unpaired) electrons. The third kappa shape index (κ3) is 3.44. The van der Waals surface area contributed by atoms with Crippen molar-refractivity contribution in [2.24, 2.45) is 0 Å². The molecular formula is C20H26N4. The number of fused-ring (bicyclic) bond motifs is 1. The summed E-state index contributed by atoms with van der Waals surface area (Å²) in [4.78, 5) is 7.22. The van der Waals surface area contributed by atoms with Crippen molar-refractivity contribution < 1.29 is 0 Å². The fourth-order valence-corrected chi connectivity index (χ4v) is 2.97. The highest BCUT2D eigenvalue weighted by atomic mass is 15.1. The van der Waals surface area contributed by atoms with Crippen LogP contribution in [0.4, 0.5) is 5.69 Å². The first-order valence-corrected chi connectivity index (χ1v) is 8.60. The molecule has 0 amide bonds. The molecule has 0 atom stereocenters. The van der Waals surface area contributed by atoms with E-state index in [9.17, 15) is 0 Å². The second-order valence-electron chi connectivity index (χ2n) is 6.56. The second kappa shape index (κ2) is 7.05. The Morgan fingerprint density at radius 3 is 2.58 bits per heavy atom. The Hall–Kier alpha value is -2.33. The van der Waals surface area contributed by atoms with E-state index in [0.717, 1.165) is 35.7 Å². The van der Waals surface area contributed by atoms with Crippen molar-refractivity contribution in [3.8, 4) is 11.3 Å². The van der Waals surface area contributed by atoms with Crippen LogP contribution in [0.1, 0.15) is 31.0 Å². The minimum Gasteiger partial charge on any atom is -0.398 e. The molecule has 2 N–H and O–H groups in total. The Balaban J connectivity index is 2.06. The molecule has 4 heteroatoms. The van der Waals surface area contributed by atoms with Gasteiger partial charge in [-0.05, 0) is 39.1 Å². The third-order valence-corrected chi connectivity index (χ3v) is 4.38. The van der Waals surface area contributed by atoms with E-state index in [0.29, 0.717) is 0 Å². The monoisotopic (exact) mass is 322 g/mol. The van der Waals surface area contributed by atoms with Crippen molar-refractivity contribution in [1.29, 1.82) is 0 Å². The lowest BCUT2D eigenvalue weighted by molar-refractivity contribution is 0.316. The average molecular weight is 322 g/mol. The third-order valence-electron chi connectivity index (χ3n) is 4.38. The lowest BCUT2D eigenvalue weighted by atomic mass is 10.1. The van der Waals surface area contributed by atoms with Crippen LogP contribution in [0.5, 0.6) is 0 Å². The number of nitrogen functional groups attached to an aromatic ring is 1. The molecule has 24 heavy (non-hydrogen) atoms. The van der Waals surface area contributed by atoms with Gasteiger partial charge in [-0.3, -0.25) is 0 Å². The number of nitrogens with two attached hydrogens (primary N) is 1. The normalized spacial score (nSPS) is 11.5. The predicted octanol–water partition coefficient (Wildman–Crippen LogP) is 4.12. The van der Waals surface area contributed by atoms with Crippen molar-refractivity contribution in [3.05, 3.63) is 53.9 Å². The number of nitrogens with zero attached hydrogens (tertiary/aromatic N) is 3. The molecule has 3 rings (SSSR count). The number of imidazole rings is 1. The lowest BCUT2D eigenvalue weighted by Crippen LogP contribution is -2.20. The molecule has 0 saturated carbocycles. The van der Waals surface area contributed by atoms with Crippen molar-refractivity contribution in [3.63, 3.8) is 0 Å². The van der Waals surface area contributed by atoms with Crippen LogP contribution in [0, 0.1) is 6.92 Å². The van der Waals surface area contributed by atoms with Gasteiger partial charge >= 0.3 is 0 Å². The minimum atomic E-state index is 0.757. The van der Waals surface area contributed by atoms with Gasteiger partial charge in [-0.15, -0.1) is 0 Å². The molecule has 0 aliphatic rings. The van der Waals surface area contributed by atoms with Gasteiger partial charge in [0.2, 0.25) is 0 Å². The van der Waals surface area contributed by atoms with Gasteiger partial charge in [0, 0.05) is 24.0 Å². The number of hydrogen-bond acceptors (Lipinski definition) is 3. The Kier molecular flexibility index (Phi) is 4.86. The molecule has 0 fully saturated rings. The van der Waals surface area contributed by atoms with Crippen LogP contribution in [0.2, 0.25) is 0 Å². The first-order valence-electron chi connectivity index (χ1n) is 8.60. The van der Waals surface area contributed by atoms with E-state index in [1.54, 1.807) is 0 Å². The van der Waals surface area contributed by atoms with Gasteiger partial charge in [-0.1, -0.05) is 43.2 Å². The number of anilines is 1. The number of aryl methyl sites for hydroxylation is 1. The number of benzene rings is 1. The van der Waals surface area contributed by atoms with Crippen molar-refractivity contribution in [2.45, 2.75) is 33.2 Å². The molecule has 0 bridgehead atoms. The van der Waals surface area contributed by atoms with E-state index >= 15 is 0 Å². The Morgan fingerprint density at radius 2 is 1.88 bits per heavy atom. The smallest absolute Gasteiger partial charge is 0.137 e. The molecule has 4 nitrogen and oxygen atoms in total. The summed E-state index contributed by atoms with van der Waals surface area (Å²) >= 11 is 0. The quantitative estimate of drug-likeness (QED) is 0.742. The van der Waals surface area contributed by atoms with Crippen molar-refractivity contribution in [2.75, 3.05) is 19.3 Å². The lowest BCUT2D eigenvalue weighted by Gasteiger charge is -2.17. The van der Waals surface area contributed by atoms with E-state index in [1.165, 1.54) is 24.1 Å². The second-order valence-corrected chi connectivity index (χ2v) is 6.56. The van der Waals surface area contributed by atoms with Gasteiger partial charge in [0.1, 0.15) is 5.65 Å². The largest absolute Gasteiger partial charge is 0.398 e. The number of pyridine rings is 1. The maximum atomic E-state index is 6.01. The summed E-state index contributed by atoms with van der Waals surface area (Å²) in [6.07, 6.45) is 4.38. The minimum absolute atomic E-state index is 0.757. The average Bonchev–Trinajstić information content (AvgIpc) is 2.91. The van der Waals surface area contributed by atoms with Gasteiger partial charge in [-0.25, -0.2) is 4.98 Å². The fourth-order valence-electron chi connectivity index (χ4n) is 2.97. The molecule has 2 aromatic heterocycles. The van der Waals surface area contributed by atoms with Gasteiger partial charge in [-0.2, -0.15) is 0 Å². The molecule has 1 aromatic carbocycles. The Morgan fingerprint density at radius 1 is 1.12 bits per heavy atom. The summed E-state index contributed by atoms with van der Waals surface area (Å²) in [5.74, 6) is 0. The summed E-state index contributed by atoms with van der Waals surface area (Å²) in [6.45, 7) is 6.27. The molecule has 0 aliphatic carbocycles. The van der Waals surface area contributed by atoms with E-state index in [4.69, 9.17) is 10.7 Å². The standard InChI is InChI=1S/C20H26N4/c1-4-5-12-23(3)14-18-20(16-8-6-15(2)7-9-16)22-19-11-10-17(21)13-24(18)19/h6-11,13H,4-5,12,14,21H2,1-3H3.